The third kappa shape index (κ3) is 3.34. The summed E-state index contributed by atoms with van der Waals surface area (Å²) in [5.74, 6) is 0.109. The molecule has 1 saturated carbocycles. The second kappa shape index (κ2) is 6.31. The molecule has 1 aromatic carbocycles. The predicted molar refractivity (Wildman–Crippen MR) is 76.9 cm³/mol. The number of hydrogen-bond acceptors (Lipinski definition) is 1. The van der Waals surface area contributed by atoms with Crippen molar-refractivity contribution < 1.29 is 8.78 Å². The highest BCUT2D eigenvalue weighted by Gasteiger charge is 2.29. The normalized spacial score (nSPS) is 24.7. The maximum absolute atomic E-state index is 13.9. The molecule has 0 radical (unpaired) electrons. The van der Waals surface area contributed by atoms with E-state index in [2.05, 4.69) is 22.9 Å². The summed E-state index contributed by atoms with van der Waals surface area (Å²) in [5.41, 5.74) is 6.28. The number of halogens is 3. The lowest BCUT2D eigenvalue weighted by molar-refractivity contribution is 0.395. The van der Waals surface area contributed by atoms with E-state index in [1.807, 2.05) is 0 Å². The largest absolute Gasteiger partial charge is 0.327 e. The molecular weight excluding hydrogens is 312 g/mol. The Morgan fingerprint density at radius 3 is 2.74 bits per heavy atom. The van der Waals surface area contributed by atoms with E-state index >= 15 is 0 Å². The van der Waals surface area contributed by atoms with E-state index in [0.717, 1.165) is 18.8 Å². The van der Waals surface area contributed by atoms with Crippen molar-refractivity contribution in [3.63, 3.8) is 0 Å². The molecule has 19 heavy (non-hydrogen) atoms. The van der Waals surface area contributed by atoms with Gasteiger partial charge in [0, 0.05) is 11.6 Å². The molecule has 3 unspecified atom stereocenters. The first-order valence-corrected chi connectivity index (χ1v) is 7.70. The van der Waals surface area contributed by atoms with Crippen molar-refractivity contribution in [1.82, 2.24) is 0 Å². The van der Waals surface area contributed by atoms with Crippen LogP contribution in [-0.2, 0) is 6.42 Å². The fourth-order valence-corrected chi connectivity index (χ4v) is 3.40. The fraction of sp³-hybridized carbons (Fsp3) is 0.600. The molecule has 0 amide bonds. The molecule has 4 heteroatoms. The molecule has 1 aliphatic rings. The molecule has 2 N–H and O–H groups in total. The van der Waals surface area contributed by atoms with E-state index in [1.165, 1.54) is 25.0 Å². The number of hydrogen-bond donors (Lipinski definition) is 1. The van der Waals surface area contributed by atoms with Crippen LogP contribution in [0.5, 0.6) is 0 Å². The summed E-state index contributed by atoms with van der Waals surface area (Å²) < 4.78 is 27.9. The fourth-order valence-electron chi connectivity index (χ4n) is 3.03. The van der Waals surface area contributed by atoms with Crippen molar-refractivity contribution in [2.45, 2.75) is 45.1 Å². The quantitative estimate of drug-likeness (QED) is 0.812. The van der Waals surface area contributed by atoms with Crippen molar-refractivity contribution in [1.29, 1.82) is 0 Å². The van der Waals surface area contributed by atoms with Crippen LogP contribution < -0.4 is 5.73 Å². The molecule has 0 spiro atoms. The van der Waals surface area contributed by atoms with Crippen LogP contribution in [0.25, 0.3) is 0 Å². The van der Waals surface area contributed by atoms with Gasteiger partial charge in [-0.1, -0.05) is 19.8 Å². The molecule has 1 aromatic rings. The van der Waals surface area contributed by atoms with Crippen molar-refractivity contribution in [3.8, 4) is 0 Å². The predicted octanol–water partition coefficient (Wildman–Crippen LogP) is 4.42. The summed E-state index contributed by atoms with van der Waals surface area (Å²) >= 11 is 3.09. The van der Waals surface area contributed by atoms with Gasteiger partial charge in [0.1, 0.15) is 11.6 Å². The molecule has 1 nitrogen and oxygen atoms in total. The first kappa shape index (κ1) is 14.9. The Hall–Kier alpha value is -0.480. The van der Waals surface area contributed by atoms with Crippen LogP contribution in [0.1, 0.15) is 38.2 Å². The molecule has 2 rings (SSSR count). The minimum absolute atomic E-state index is 0.113. The first-order valence-electron chi connectivity index (χ1n) is 6.90. The molecule has 106 valence electrons. The summed E-state index contributed by atoms with van der Waals surface area (Å²) in [6.45, 7) is 2.19. The molecule has 0 aromatic heterocycles. The Bertz CT molecular complexity index is 450. The zero-order chi connectivity index (χ0) is 14.0. The average Bonchev–Trinajstić information content (AvgIpc) is 2.88. The third-order valence-corrected chi connectivity index (χ3v) is 4.96. The molecule has 0 aliphatic heterocycles. The van der Waals surface area contributed by atoms with Gasteiger partial charge in [-0.25, -0.2) is 8.78 Å². The number of rotatable bonds is 4. The lowest BCUT2D eigenvalue weighted by Gasteiger charge is -2.20. The summed E-state index contributed by atoms with van der Waals surface area (Å²) in [5, 5.41) is 0. The highest BCUT2D eigenvalue weighted by atomic mass is 79.9. The second-order valence-corrected chi connectivity index (χ2v) is 6.39. The highest BCUT2D eigenvalue weighted by molar-refractivity contribution is 9.10. The van der Waals surface area contributed by atoms with Gasteiger partial charge in [0.05, 0.1) is 4.47 Å². The molecular formula is C15H20BrF2N. The van der Waals surface area contributed by atoms with Gasteiger partial charge in [-0.05, 0) is 59.2 Å². The van der Waals surface area contributed by atoms with Crippen molar-refractivity contribution >= 4 is 15.9 Å². The van der Waals surface area contributed by atoms with Crippen LogP contribution in [0.2, 0.25) is 0 Å². The van der Waals surface area contributed by atoms with Crippen molar-refractivity contribution in [3.05, 3.63) is 33.8 Å². The van der Waals surface area contributed by atoms with Gasteiger partial charge >= 0.3 is 0 Å². The lowest BCUT2D eigenvalue weighted by atomic mass is 9.91. The second-order valence-electron chi connectivity index (χ2n) is 5.54. The van der Waals surface area contributed by atoms with E-state index in [4.69, 9.17) is 5.73 Å². The Kier molecular flexibility index (Phi) is 4.96. The number of benzene rings is 1. The standard InChI is InChI=1S/C15H20BrF2N/c1-2-9-3-4-10(7-9)14(19)8-11-13(17)6-5-12(16)15(11)18/h5-6,9-10,14H,2-4,7-8,19H2,1H3. The molecule has 1 aliphatic carbocycles. The highest BCUT2D eigenvalue weighted by Crippen LogP contribution is 2.35. The van der Waals surface area contributed by atoms with Gasteiger partial charge in [0.25, 0.3) is 0 Å². The van der Waals surface area contributed by atoms with E-state index < -0.39 is 11.6 Å². The van der Waals surface area contributed by atoms with Gasteiger partial charge in [0.15, 0.2) is 0 Å². The zero-order valence-electron chi connectivity index (χ0n) is 11.1. The molecule has 0 heterocycles. The lowest BCUT2D eigenvalue weighted by Crippen LogP contribution is -2.31. The molecule has 0 bridgehead atoms. The van der Waals surface area contributed by atoms with Crippen LogP contribution in [0.3, 0.4) is 0 Å². The minimum atomic E-state index is -0.513. The van der Waals surface area contributed by atoms with E-state index in [-0.39, 0.29) is 18.0 Å². The molecule has 1 fully saturated rings. The van der Waals surface area contributed by atoms with Crippen LogP contribution in [0.15, 0.2) is 16.6 Å². The van der Waals surface area contributed by atoms with E-state index in [9.17, 15) is 8.78 Å². The average molecular weight is 332 g/mol. The Labute approximate surface area is 121 Å². The topological polar surface area (TPSA) is 26.0 Å². The Morgan fingerprint density at radius 2 is 2.11 bits per heavy atom. The van der Waals surface area contributed by atoms with Gasteiger partial charge in [-0.3, -0.25) is 0 Å². The van der Waals surface area contributed by atoms with Crippen LogP contribution in [0, 0.1) is 23.5 Å². The monoisotopic (exact) mass is 331 g/mol. The SMILES string of the molecule is CCC1CCC(C(N)Cc2c(F)ccc(Br)c2F)C1. The molecule has 0 saturated heterocycles. The summed E-state index contributed by atoms with van der Waals surface area (Å²) in [6.07, 6.45) is 4.81. The summed E-state index contributed by atoms with van der Waals surface area (Å²) in [4.78, 5) is 0. The third-order valence-electron chi connectivity index (χ3n) is 4.34. The smallest absolute Gasteiger partial charge is 0.143 e. The van der Waals surface area contributed by atoms with E-state index in [1.54, 1.807) is 0 Å². The summed E-state index contributed by atoms with van der Waals surface area (Å²) in [7, 11) is 0. The number of nitrogens with two attached hydrogens (primary N) is 1. The van der Waals surface area contributed by atoms with Crippen LogP contribution in [-0.4, -0.2) is 6.04 Å². The van der Waals surface area contributed by atoms with Gasteiger partial charge < -0.3 is 5.73 Å². The van der Waals surface area contributed by atoms with Crippen molar-refractivity contribution in [2.75, 3.05) is 0 Å². The zero-order valence-corrected chi connectivity index (χ0v) is 12.7. The van der Waals surface area contributed by atoms with Gasteiger partial charge in [0.2, 0.25) is 0 Å². The Morgan fingerprint density at radius 1 is 1.37 bits per heavy atom. The minimum Gasteiger partial charge on any atom is -0.327 e. The van der Waals surface area contributed by atoms with Crippen LogP contribution >= 0.6 is 15.9 Å². The van der Waals surface area contributed by atoms with E-state index in [0.29, 0.717) is 10.4 Å². The van der Waals surface area contributed by atoms with Gasteiger partial charge in [-0.15, -0.1) is 0 Å². The van der Waals surface area contributed by atoms with Crippen molar-refractivity contribution in [2.24, 2.45) is 17.6 Å². The summed E-state index contributed by atoms with van der Waals surface area (Å²) in [6, 6.07) is 2.52. The molecule has 3 atom stereocenters. The first-order chi connectivity index (χ1) is 9.02. The Balaban J connectivity index is 2.07. The van der Waals surface area contributed by atoms with Gasteiger partial charge in [-0.2, -0.15) is 0 Å². The maximum atomic E-state index is 13.9. The maximum Gasteiger partial charge on any atom is 0.143 e. The van der Waals surface area contributed by atoms with Crippen LogP contribution in [0.4, 0.5) is 8.78 Å².